The molecule has 0 aromatic heterocycles. The predicted molar refractivity (Wildman–Crippen MR) is 96.5 cm³/mol. The highest BCUT2D eigenvalue weighted by molar-refractivity contribution is 5.96. The quantitative estimate of drug-likeness (QED) is 0.666. The molecular formula is C21H19NO2. The summed E-state index contributed by atoms with van der Waals surface area (Å²) in [7, 11) is 0. The number of carbonyl (C=O) groups is 1. The van der Waals surface area contributed by atoms with E-state index in [0.717, 1.165) is 16.9 Å². The maximum atomic E-state index is 12.4. The van der Waals surface area contributed by atoms with E-state index in [1.165, 1.54) is 5.56 Å². The molecule has 0 amide bonds. The van der Waals surface area contributed by atoms with Crippen LogP contribution in [-0.4, -0.2) is 5.97 Å². The van der Waals surface area contributed by atoms with Crippen LogP contribution in [-0.2, 0) is 11.3 Å². The van der Waals surface area contributed by atoms with E-state index in [2.05, 4.69) is 5.32 Å². The first kappa shape index (κ1) is 15.8. The van der Waals surface area contributed by atoms with Gasteiger partial charge in [-0.1, -0.05) is 60.2 Å². The van der Waals surface area contributed by atoms with Crippen molar-refractivity contribution in [2.24, 2.45) is 0 Å². The van der Waals surface area contributed by atoms with Gasteiger partial charge < -0.3 is 10.1 Å². The number of benzene rings is 3. The van der Waals surface area contributed by atoms with Gasteiger partial charge in [0.25, 0.3) is 0 Å². The molecule has 3 heteroatoms. The lowest BCUT2D eigenvalue weighted by Crippen LogP contribution is -2.08. The third kappa shape index (κ3) is 4.02. The van der Waals surface area contributed by atoms with Crippen molar-refractivity contribution in [1.29, 1.82) is 0 Å². The Morgan fingerprint density at radius 1 is 0.875 bits per heavy atom. The van der Waals surface area contributed by atoms with Gasteiger partial charge in [-0.2, -0.15) is 0 Å². The van der Waals surface area contributed by atoms with E-state index >= 15 is 0 Å². The largest absolute Gasteiger partial charge is 0.457 e. The number of carbonyl (C=O) groups excluding carboxylic acids is 1. The van der Waals surface area contributed by atoms with Crippen molar-refractivity contribution in [2.75, 3.05) is 5.32 Å². The summed E-state index contributed by atoms with van der Waals surface area (Å²) in [5.41, 5.74) is 4.34. The van der Waals surface area contributed by atoms with Gasteiger partial charge in [0.05, 0.1) is 11.3 Å². The zero-order chi connectivity index (χ0) is 16.8. The molecule has 0 saturated heterocycles. The van der Waals surface area contributed by atoms with Gasteiger partial charge in [0.15, 0.2) is 0 Å². The molecule has 0 unspecified atom stereocenters. The zero-order valence-electron chi connectivity index (χ0n) is 13.5. The van der Waals surface area contributed by atoms with Crippen molar-refractivity contribution in [2.45, 2.75) is 13.5 Å². The van der Waals surface area contributed by atoms with Crippen molar-refractivity contribution < 1.29 is 9.53 Å². The molecule has 0 atom stereocenters. The monoisotopic (exact) mass is 317 g/mol. The van der Waals surface area contributed by atoms with E-state index in [0.29, 0.717) is 5.56 Å². The Bertz CT molecular complexity index is 811. The highest BCUT2D eigenvalue weighted by Gasteiger charge is 2.12. The van der Waals surface area contributed by atoms with E-state index in [4.69, 9.17) is 4.74 Å². The summed E-state index contributed by atoms with van der Waals surface area (Å²) in [5, 5.41) is 3.26. The summed E-state index contributed by atoms with van der Waals surface area (Å²) in [6.07, 6.45) is 0. The summed E-state index contributed by atoms with van der Waals surface area (Å²) in [5.74, 6) is -0.338. The van der Waals surface area contributed by atoms with Crippen LogP contribution in [0.3, 0.4) is 0 Å². The van der Waals surface area contributed by atoms with Crippen LogP contribution in [0.15, 0.2) is 78.9 Å². The molecule has 0 bridgehead atoms. The van der Waals surface area contributed by atoms with Gasteiger partial charge in [-0.05, 0) is 36.8 Å². The molecule has 0 spiro atoms. The van der Waals surface area contributed by atoms with Gasteiger partial charge in [0.2, 0.25) is 0 Å². The first-order chi connectivity index (χ1) is 11.7. The number of esters is 1. The fourth-order valence-corrected chi connectivity index (χ4v) is 2.36. The molecule has 0 saturated carbocycles. The second kappa shape index (κ2) is 7.47. The first-order valence-electron chi connectivity index (χ1n) is 7.86. The van der Waals surface area contributed by atoms with Crippen LogP contribution in [0.4, 0.5) is 11.4 Å². The van der Waals surface area contributed by atoms with Crippen LogP contribution in [0.5, 0.6) is 0 Å². The number of hydrogen-bond acceptors (Lipinski definition) is 3. The van der Waals surface area contributed by atoms with Gasteiger partial charge in [-0.25, -0.2) is 4.79 Å². The number of para-hydroxylation sites is 2. The number of rotatable bonds is 5. The Morgan fingerprint density at radius 2 is 1.54 bits per heavy atom. The van der Waals surface area contributed by atoms with Gasteiger partial charge in [0.1, 0.15) is 6.61 Å². The van der Waals surface area contributed by atoms with Gasteiger partial charge in [0, 0.05) is 5.69 Å². The molecular weight excluding hydrogens is 298 g/mol. The maximum absolute atomic E-state index is 12.4. The normalized spacial score (nSPS) is 10.2. The lowest BCUT2D eigenvalue weighted by molar-refractivity contribution is 0.0474. The number of ether oxygens (including phenoxy) is 1. The van der Waals surface area contributed by atoms with Crippen LogP contribution in [0.25, 0.3) is 0 Å². The number of aryl methyl sites for hydroxylation is 1. The molecule has 0 radical (unpaired) electrons. The molecule has 3 aromatic carbocycles. The molecule has 0 heterocycles. The minimum Gasteiger partial charge on any atom is -0.457 e. The van der Waals surface area contributed by atoms with E-state index in [-0.39, 0.29) is 12.6 Å². The molecule has 0 aliphatic heterocycles. The molecule has 0 fully saturated rings. The van der Waals surface area contributed by atoms with Crippen LogP contribution in [0, 0.1) is 6.92 Å². The topological polar surface area (TPSA) is 38.3 Å². The smallest absolute Gasteiger partial charge is 0.340 e. The van der Waals surface area contributed by atoms with Crippen LogP contribution >= 0.6 is 0 Å². The first-order valence-corrected chi connectivity index (χ1v) is 7.86. The summed E-state index contributed by atoms with van der Waals surface area (Å²) in [6, 6.07) is 25.1. The average molecular weight is 317 g/mol. The summed E-state index contributed by atoms with van der Waals surface area (Å²) < 4.78 is 5.45. The standard InChI is InChI=1S/C21H19NO2/c1-16-11-13-17(14-12-16)15-24-21(23)19-9-5-6-10-20(19)22-18-7-3-2-4-8-18/h2-14,22H,15H2,1H3. The highest BCUT2D eigenvalue weighted by Crippen LogP contribution is 2.21. The molecule has 0 aliphatic rings. The number of anilines is 2. The van der Waals surface area contributed by atoms with Crippen LogP contribution < -0.4 is 5.32 Å². The fourth-order valence-electron chi connectivity index (χ4n) is 2.36. The molecule has 120 valence electrons. The Kier molecular flexibility index (Phi) is 4.92. The summed E-state index contributed by atoms with van der Waals surface area (Å²) in [6.45, 7) is 2.29. The van der Waals surface area contributed by atoms with Crippen molar-refractivity contribution in [3.05, 3.63) is 95.6 Å². The van der Waals surface area contributed by atoms with Gasteiger partial charge in [-0.3, -0.25) is 0 Å². The van der Waals surface area contributed by atoms with Crippen molar-refractivity contribution in [3.63, 3.8) is 0 Å². The molecule has 0 aliphatic carbocycles. The van der Waals surface area contributed by atoms with Gasteiger partial charge in [-0.15, -0.1) is 0 Å². The van der Waals surface area contributed by atoms with Gasteiger partial charge >= 0.3 is 5.97 Å². The highest BCUT2D eigenvalue weighted by atomic mass is 16.5. The number of hydrogen-bond donors (Lipinski definition) is 1. The Morgan fingerprint density at radius 3 is 2.29 bits per heavy atom. The lowest BCUT2D eigenvalue weighted by atomic mass is 10.1. The average Bonchev–Trinajstić information content (AvgIpc) is 2.62. The Balaban J connectivity index is 1.71. The van der Waals surface area contributed by atoms with Crippen molar-refractivity contribution in [3.8, 4) is 0 Å². The van der Waals surface area contributed by atoms with Crippen LogP contribution in [0.1, 0.15) is 21.5 Å². The molecule has 3 rings (SSSR count). The SMILES string of the molecule is Cc1ccc(COC(=O)c2ccccc2Nc2ccccc2)cc1. The maximum Gasteiger partial charge on any atom is 0.340 e. The summed E-state index contributed by atoms with van der Waals surface area (Å²) >= 11 is 0. The van der Waals surface area contributed by atoms with Crippen molar-refractivity contribution >= 4 is 17.3 Å². The minimum atomic E-state index is -0.338. The molecule has 3 aromatic rings. The number of nitrogens with one attached hydrogen (secondary N) is 1. The van der Waals surface area contributed by atoms with E-state index in [1.54, 1.807) is 6.07 Å². The lowest BCUT2D eigenvalue weighted by Gasteiger charge is -2.12. The Hall–Kier alpha value is -3.07. The minimum absolute atomic E-state index is 0.263. The molecule has 1 N–H and O–H groups in total. The van der Waals surface area contributed by atoms with E-state index in [9.17, 15) is 4.79 Å². The third-order valence-corrected chi connectivity index (χ3v) is 3.69. The summed E-state index contributed by atoms with van der Waals surface area (Å²) in [4.78, 5) is 12.4. The zero-order valence-corrected chi connectivity index (χ0v) is 13.5. The fraction of sp³-hybridized carbons (Fsp3) is 0.0952. The van der Waals surface area contributed by atoms with E-state index < -0.39 is 0 Å². The molecule has 3 nitrogen and oxygen atoms in total. The van der Waals surface area contributed by atoms with E-state index in [1.807, 2.05) is 79.7 Å². The molecule has 24 heavy (non-hydrogen) atoms. The Labute approximate surface area is 141 Å². The predicted octanol–water partition coefficient (Wildman–Crippen LogP) is 5.10. The van der Waals surface area contributed by atoms with Crippen LogP contribution in [0.2, 0.25) is 0 Å². The second-order valence-corrected chi connectivity index (χ2v) is 5.60. The second-order valence-electron chi connectivity index (χ2n) is 5.60. The third-order valence-electron chi connectivity index (χ3n) is 3.69. The van der Waals surface area contributed by atoms with Crippen molar-refractivity contribution in [1.82, 2.24) is 0 Å².